The SMILES string of the molecule is CCc1cc(CN(C)C(=O)NCc2cn3cccc(C)c3n2)on1. The van der Waals surface area contributed by atoms with Crippen molar-refractivity contribution in [2.45, 2.75) is 33.4 Å². The van der Waals surface area contributed by atoms with Crippen molar-refractivity contribution in [3.63, 3.8) is 0 Å². The van der Waals surface area contributed by atoms with E-state index in [1.165, 1.54) is 0 Å². The van der Waals surface area contributed by atoms with E-state index in [0.29, 0.717) is 18.8 Å². The standard InChI is InChI=1S/C17H21N5O2/c1-4-13-8-15(24-20-13)11-21(3)17(23)18-9-14-10-22-7-5-6-12(2)16(22)19-14/h5-8,10H,4,9,11H2,1-3H3,(H,18,23). The summed E-state index contributed by atoms with van der Waals surface area (Å²) >= 11 is 0. The molecule has 0 aliphatic heterocycles. The van der Waals surface area contributed by atoms with Gasteiger partial charge in [-0.2, -0.15) is 0 Å². The average Bonchev–Trinajstić information content (AvgIpc) is 3.19. The van der Waals surface area contributed by atoms with E-state index >= 15 is 0 Å². The quantitative estimate of drug-likeness (QED) is 0.781. The van der Waals surface area contributed by atoms with E-state index in [9.17, 15) is 4.79 Å². The number of urea groups is 1. The van der Waals surface area contributed by atoms with E-state index in [2.05, 4.69) is 15.5 Å². The molecule has 3 rings (SSSR count). The lowest BCUT2D eigenvalue weighted by molar-refractivity contribution is 0.200. The highest BCUT2D eigenvalue weighted by atomic mass is 16.5. The molecule has 2 amide bonds. The van der Waals surface area contributed by atoms with Crippen molar-refractivity contribution < 1.29 is 9.32 Å². The van der Waals surface area contributed by atoms with Gasteiger partial charge in [-0.25, -0.2) is 9.78 Å². The molecule has 0 fully saturated rings. The summed E-state index contributed by atoms with van der Waals surface area (Å²) in [5.74, 6) is 0.674. The first kappa shape index (κ1) is 16.0. The van der Waals surface area contributed by atoms with Gasteiger partial charge in [0.2, 0.25) is 0 Å². The Morgan fingerprint density at radius 3 is 2.96 bits per heavy atom. The van der Waals surface area contributed by atoms with Gasteiger partial charge in [0.1, 0.15) is 5.65 Å². The minimum absolute atomic E-state index is 0.182. The van der Waals surface area contributed by atoms with Crippen molar-refractivity contribution in [1.29, 1.82) is 0 Å². The van der Waals surface area contributed by atoms with Crippen LogP contribution in [0.25, 0.3) is 5.65 Å². The zero-order valence-electron chi connectivity index (χ0n) is 14.1. The molecule has 0 unspecified atom stereocenters. The van der Waals surface area contributed by atoms with Crippen LogP contribution in [0.1, 0.15) is 29.6 Å². The number of amides is 2. The molecule has 24 heavy (non-hydrogen) atoms. The van der Waals surface area contributed by atoms with Crippen LogP contribution in [0.2, 0.25) is 0 Å². The molecule has 0 bridgehead atoms. The van der Waals surface area contributed by atoms with E-state index in [4.69, 9.17) is 4.52 Å². The highest BCUT2D eigenvalue weighted by molar-refractivity contribution is 5.73. The second kappa shape index (κ2) is 6.74. The van der Waals surface area contributed by atoms with E-state index < -0.39 is 0 Å². The summed E-state index contributed by atoms with van der Waals surface area (Å²) in [4.78, 5) is 18.3. The average molecular weight is 327 g/mol. The van der Waals surface area contributed by atoms with Gasteiger partial charge in [-0.1, -0.05) is 18.1 Å². The maximum Gasteiger partial charge on any atom is 0.317 e. The van der Waals surface area contributed by atoms with Crippen LogP contribution in [-0.2, 0) is 19.5 Å². The number of aryl methyl sites for hydroxylation is 2. The van der Waals surface area contributed by atoms with Crippen LogP contribution < -0.4 is 5.32 Å². The molecule has 1 N–H and O–H groups in total. The molecule has 0 radical (unpaired) electrons. The number of carbonyl (C=O) groups excluding carboxylic acids is 1. The molecule has 0 saturated carbocycles. The second-order valence-electron chi connectivity index (χ2n) is 5.81. The van der Waals surface area contributed by atoms with Crippen LogP contribution >= 0.6 is 0 Å². The van der Waals surface area contributed by atoms with Gasteiger partial charge in [0, 0.05) is 25.5 Å². The largest absolute Gasteiger partial charge is 0.359 e. The first-order chi connectivity index (χ1) is 11.6. The molecular formula is C17H21N5O2. The van der Waals surface area contributed by atoms with Crippen LogP contribution in [0.3, 0.4) is 0 Å². The topological polar surface area (TPSA) is 75.7 Å². The first-order valence-electron chi connectivity index (χ1n) is 7.93. The fourth-order valence-corrected chi connectivity index (χ4v) is 2.49. The lowest BCUT2D eigenvalue weighted by Crippen LogP contribution is -2.36. The number of rotatable bonds is 5. The summed E-state index contributed by atoms with van der Waals surface area (Å²) in [6, 6.07) is 5.68. The predicted molar refractivity (Wildman–Crippen MR) is 89.5 cm³/mol. The number of nitrogens with one attached hydrogen (secondary N) is 1. The third-order valence-electron chi connectivity index (χ3n) is 3.86. The molecule has 0 aromatic carbocycles. The monoisotopic (exact) mass is 327 g/mol. The fourth-order valence-electron chi connectivity index (χ4n) is 2.49. The summed E-state index contributed by atoms with van der Waals surface area (Å²) in [6.45, 7) is 4.78. The summed E-state index contributed by atoms with van der Waals surface area (Å²) in [7, 11) is 1.72. The van der Waals surface area contributed by atoms with Gasteiger partial charge in [0.25, 0.3) is 0 Å². The Morgan fingerprint density at radius 2 is 2.25 bits per heavy atom. The van der Waals surface area contributed by atoms with Crippen molar-refractivity contribution in [3.05, 3.63) is 53.3 Å². The maximum absolute atomic E-state index is 12.2. The van der Waals surface area contributed by atoms with Crippen molar-refractivity contribution in [3.8, 4) is 0 Å². The Morgan fingerprint density at radius 1 is 1.42 bits per heavy atom. The third kappa shape index (κ3) is 3.40. The molecule has 3 aromatic rings. The molecule has 3 aromatic heterocycles. The third-order valence-corrected chi connectivity index (χ3v) is 3.86. The molecule has 0 aliphatic carbocycles. The van der Waals surface area contributed by atoms with E-state index in [1.54, 1.807) is 11.9 Å². The highest BCUT2D eigenvalue weighted by Gasteiger charge is 2.13. The number of fused-ring (bicyclic) bond motifs is 1. The number of hydrogen-bond acceptors (Lipinski definition) is 4. The van der Waals surface area contributed by atoms with Crippen LogP contribution in [0.5, 0.6) is 0 Å². The van der Waals surface area contributed by atoms with Crippen molar-refractivity contribution in [2.24, 2.45) is 0 Å². The Hall–Kier alpha value is -2.83. The van der Waals surface area contributed by atoms with Crippen LogP contribution in [-0.4, -0.2) is 32.5 Å². The normalized spacial score (nSPS) is 11.0. The highest BCUT2D eigenvalue weighted by Crippen LogP contribution is 2.10. The van der Waals surface area contributed by atoms with Gasteiger partial charge < -0.3 is 19.1 Å². The summed E-state index contributed by atoms with van der Waals surface area (Å²) in [5, 5.41) is 6.80. The Labute approximate surface area is 140 Å². The van der Waals surface area contributed by atoms with Gasteiger partial charge in [-0.3, -0.25) is 0 Å². The molecule has 0 spiro atoms. The number of imidazole rings is 1. The zero-order valence-corrected chi connectivity index (χ0v) is 14.1. The number of aromatic nitrogens is 3. The summed E-state index contributed by atoms with van der Waals surface area (Å²) < 4.78 is 7.16. The van der Waals surface area contributed by atoms with Gasteiger partial charge in [-0.15, -0.1) is 0 Å². The molecular weight excluding hydrogens is 306 g/mol. The fraction of sp³-hybridized carbons (Fsp3) is 0.353. The molecule has 0 saturated heterocycles. The van der Waals surface area contributed by atoms with E-state index in [1.807, 2.05) is 48.8 Å². The molecule has 7 nitrogen and oxygen atoms in total. The smallest absolute Gasteiger partial charge is 0.317 e. The molecule has 0 atom stereocenters. The Balaban J connectivity index is 1.58. The van der Waals surface area contributed by atoms with Gasteiger partial charge in [-0.05, 0) is 25.0 Å². The van der Waals surface area contributed by atoms with Gasteiger partial charge >= 0.3 is 6.03 Å². The molecule has 7 heteroatoms. The van der Waals surface area contributed by atoms with Crippen LogP contribution in [0.4, 0.5) is 4.79 Å². The molecule has 3 heterocycles. The summed E-state index contributed by atoms with van der Waals surface area (Å²) in [6.07, 6.45) is 4.68. The van der Waals surface area contributed by atoms with Crippen LogP contribution in [0.15, 0.2) is 35.1 Å². The molecule has 0 aliphatic rings. The number of carbonyl (C=O) groups is 1. The zero-order chi connectivity index (χ0) is 17.1. The van der Waals surface area contributed by atoms with E-state index in [0.717, 1.165) is 29.0 Å². The lowest BCUT2D eigenvalue weighted by atomic mass is 10.3. The predicted octanol–water partition coefficient (Wildman–Crippen LogP) is 2.53. The van der Waals surface area contributed by atoms with E-state index in [-0.39, 0.29) is 6.03 Å². The Bertz CT molecular complexity index is 852. The van der Waals surface area contributed by atoms with Crippen molar-refractivity contribution in [1.82, 2.24) is 24.8 Å². The first-order valence-corrected chi connectivity index (χ1v) is 7.93. The number of nitrogens with zero attached hydrogens (tertiary/aromatic N) is 4. The number of pyridine rings is 1. The van der Waals surface area contributed by atoms with Gasteiger partial charge in [0.15, 0.2) is 5.76 Å². The minimum Gasteiger partial charge on any atom is -0.359 e. The van der Waals surface area contributed by atoms with Crippen molar-refractivity contribution in [2.75, 3.05) is 7.05 Å². The minimum atomic E-state index is -0.182. The maximum atomic E-state index is 12.2. The van der Waals surface area contributed by atoms with Crippen LogP contribution in [0, 0.1) is 6.92 Å². The second-order valence-corrected chi connectivity index (χ2v) is 5.81. The molecule has 126 valence electrons. The Kier molecular flexibility index (Phi) is 4.50. The summed E-state index contributed by atoms with van der Waals surface area (Å²) in [5.41, 5.74) is 3.71. The van der Waals surface area contributed by atoms with Gasteiger partial charge in [0.05, 0.1) is 24.5 Å². The lowest BCUT2D eigenvalue weighted by Gasteiger charge is -2.15. The van der Waals surface area contributed by atoms with Crippen molar-refractivity contribution >= 4 is 11.7 Å². The number of hydrogen-bond donors (Lipinski definition) is 1.